The first-order chi connectivity index (χ1) is 9.95. The number of hydrogen-bond acceptors (Lipinski definition) is 4. The first-order valence-electron chi connectivity index (χ1n) is 6.88. The van der Waals surface area contributed by atoms with Gasteiger partial charge in [0.25, 0.3) is 0 Å². The van der Waals surface area contributed by atoms with Crippen molar-refractivity contribution in [3.05, 3.63) is 53.0 Å². The SMILES string of the molecule is Cc1ccccc1Cc1nc(NC(C)C)cc(C(=O)O)n1. The van der Waals surface area contributed by atoms with Gasteiger partial charge >= 0.3 is 5.97 Å². The van der Waals surface area contributed by atoms with Crippen molar-refractivity contribution in [1.29, 1.82) is 0 Å². The fourth-order valence-corrected chi connectivity index (χ4v) is 2.03. The van der Waals surface area contributed by atoms with E-state index >= 15 is 0 Å². The number of aryl methyl sites for hydroxylation is 1. The third-order valence-corrected chi connectivity index (χ3v) is 3.04. The van der Waals surface area contributed by atoms with E-state index < -0.39 is 5.97 Å². The number of anilines is 1. The van der Waals surface area contributed by atoms with E-state index in [4.69, 9.17) is 0 Å². The molecule has 2 N–H and O–H groups in total. The first kappa shape index (κ1) is 15.0. The van der Waals surface area contributed by atoms with Crippen molar-refractivity contribution in [3.8, 4) is 0 Å². The van der Waals surface area contributed by atoms with Gasteiger partial charge in [-0.1, -0.05) is 24.3 Å². The second-order valence-electron chi connectivity index (χ2n) is 5.26. The molecule has 0 aliphatic carbocycles. The third kappa shape index (κ3) is 4.02. The highest BCUT2D eigenvalue weighted by atomic mass is 16.4. The molecular weight excluding hydrogens is 266 g/mol. The molecule has 5 nitrogen and oxygen atoms in total. The lowest BCUT2D eigenvalue weighted by Gasteiger charge is -2.11. The largest absolute Gasteiger partial charge is 0.477 e. The maximum absolute atomic E-state index is 11.2. The van der Waals surface area contributed by atoms with Gasteiger partial charge in [0, 0.05) is 18.5 Å². The van der Waals surface area contributed by atoms with E-state index in [1.807, 2.05) is 45.0 Å². The Morgan fingerprint density at radius 2 is 2.00 bits per heavy atom. The molecule has 2 rings (SSSR count). The molecule has 0 aliphatic heterocycles. The number of carboxylic acid groups (broad SMARTS) is 1. The van der Waals surface area contributed by atoms with E-state index in [-0.39, 0.29) is 11.7 Å². The van der Waals surface area contributed by atoms with Crippen molar-refractivity contribution < 1.29 is 9.90 Å². The lowest BCUT2D eigenvalue weighted by atomic mass is 10.1. The van der Waals surface area contributed by atoms with E-state index in [0.29, 0.717) is 18.1 Å². The summed E-state index contributed by atoms with van der Waals surface area (Å²) in [5, 5.41) is 12.3. The van der Waals surface area contributed by atoms with E-state index in [9.17, 15) is 9.90 Å². The van der Waals surface area contributed by atoms with Gasteiger partial charge in [-0.05, 0) is 31.9 Å². The molecule has 0 aliphatic rings. The number of aromatic nitrogens is 2. The summed E-state index contributed by atoms with van der Waals surface area (Å²) in [7, 11) is 0. The van der Waals surface area contributed by atoms with E-state index in [0.717, 1.165) is 11.1 Å². The fraction of sp³-hybridized carbons (Fsp3) is 0.312. The van der Waals surface area contributed by atoms with Crippen LogP contribution in [0.2, 0.25) is 0 Å². The van der Waals surface area contributed by atoms with Gasteiger partial charge in [0.15, 0.2) is 5.69 Å². The molecule has 21 heavy (non-hydrogen) atoms. The summed E-state index contributed by atoms with van der Waals surface area (Å²) in [5.74, 6) is 0.00331. The van der Waals surface area contributed by atoms with E-state index in [2.05, 4.69) is 15.3 Å². The Morgan fingerprint density at radius 3 is 2.62 bits per heavy atom. The number of carboxylic acids is 1. The monoisotopic (exact) mass is 285 g/mol. The molecule has 0 fully saturated rings. The van der Waals surface area contributed by atoms with Crippen molar-refractivity contribution in [2.45, 2.75) is 33.2 Å². The van der Waals surface area contributed by atoms with Crippen molar-refractivity contribution in [3.63, 3.8) is 0 Å². The highest BCUT2D eigenvalue weighted by Crippen LogP contribution is 2.14. The Balaban J connectivity index is 2.36. The number of nitrogens with zero attached hydrogens (tertiary/aromatic N) is 2. The molecule has 2 aromatic rings. The van der Waals surface area contributed by atoms with Gasteiger partial charge in [0.2, 0.25) is 0 Å². The Bertz CT molecular complexity index is 654. The Hall–Kier alpha value is -2.43. The van der Waals surface area contributed by atoms with Gasteiger partial charge in [-0.15, -0.1) is 0 Å². The Labute approximate surface area is 124 Å². The maximum atomic E-state index is 11.2. The van der Waals surface area contributed by atoms with Crippen LogP contribution in [0.5, 0.6) is 0 Å². The molecule has 0 radical (unpaired) electrons. The van der Waals surface area contributed by atoms with Crippen LogP contribution < -0.4 is 5.32 Å². The topological polar surface area (TPSA) is 75.1 Å². The lowest BCUT2D eigenvalue weighted by molar-refractivity contribution is 0.0690. The zero-order valence-corrected chi connectivity index (χ0v) is 12.4. The van der Waals surface area contributed by atoms with Crippen LogP contribution in [0.1, 0.15) is 41.3 Å². The highest BCUT2D eigenvalue weighted by Gasteiger charge is 2.12. The molecule has 0 bridgehead atoms. The maximum Gasteiger partial charge on any atom is 0.354 e. The Morgan fingerprint density at radius 1 is 1.29 bits per heavy atom. The van der Waals surface area contributed by atoms with Gasteiger partial charge in [-0.2, -0.15) is 0 Å². The highest BCUT2D eigenvalue weighted by molar-refractivity contribution is 5.86. The van der Waals surface area contributed by atoms with Gasteiger partial charge in [-0.3, -0.25) is 0 Å². The predicted octanol–water partition coefficient (Wildman–Crippen LogP) is 2.89. The number of rotatable bonds is 5. The zero-order valence-electron chi connectivity index (χ0n) is 12.4. The average molecular weight is 285 g/mol. The number of hydrogen-bond donors (Lipinski definition) is 2. The third-order valence-electron chi connectivity index (χ3n) is 3.04. The quantitative estimate of drug-likeness (QED) is 0.883. The van der Waals surface area contributed by atoms with Crippen LogP contribution in [-0.4, -0.2) is 27.1 Å². The number of carbonyl (C=O) groups is 1. The molecule has 0 amide bonds. The van der Waals surface area contributed by atoms with Gasteiger partial charge < -0.3 is 10.4 Å². The van der Waals surface area contributed by atoms with Gasteiger partial charge in [-0.25, -0.2) is 14.8 Å². The van der Waals surface area contributed by atoms with Gasteiger partial charge in [0.1, 0.15) is 11.6 Å². The molecule has 5 heteroatoms. The van der Waals surface area contributed by atoms with Crippen molar-refractivity contribution in [1.82, 2.24) is 9.97 Å². The molecule has 110 valence electrons. The van der Waals surface area contributed by atoms with Crippen LogP contribution in [0.25, 0.3) is 0 Å². The summed E-state index contributed by atoms with van der Waals surface area (Å²) >= 11 is 0. The first-order valence-corrected chi connectivity index (χ1v) is 6.88. The number of aromatic carboxylic acids is 1. The molecule has 0 saturated heterocycles. The van der Waals surface area contributed by atoms with Crippen molar-refractivity contribution in [2.24, 2.45) is 0 Å². The van der Waals surface area contributed by atoms with Crippen LogP contribution >= 0.6 is 0 Å². The number of benzene rings is 1. The van der Waals surface area contributed by atoms with E-state index in [1.54, 1.807) is 0 Å². The molecular formula is C16H19N3O2. The summed E-state index contributed by atoms with van der Waals surface area (Å²) in [6.07, 6.45) is 0.514. The lowest BCUT2D eigenvalue weighted by Crippen LogP contribution is -2.15. The Kier molecular flexibility index (Phi) is 4.52. The molecule has 0 spiro atoms. The molecule has 1 aromatic carbocycles. The minimum Gasteiger partial charge on any atom is -0.477 e. The van der Waals surface area contributed by atoms with Crippen LogP contribution in [-0.2, 0) is 6.42 Å². The molecule has 0 unspecified atom stereocenters. The molecule has 0 saturated carbocycles. The summed E-state index contributed by atoms with van der Waals surface area (Å²) in [6.45, 7) is 5.97. The zero-order chi connectivity index (χ0) is 15.4. The van der Waals surface area contributed by atoms with Crippen LogP contribution in [0, 0.1) is 6.92 Å². The molecule has 1 heterocycles. The smallest absolute Gasteiger partial charge is 0.354 e. The normalized spacial score (nSPS) is 10.7. The summed E-state index contributed by atoms with van der Waals surface area (Å²) in [6, 6.07) is 9.58. The summed E-state index contributed by atoms with van der Waals surface area (Å²) in [5.41, 5.74) is 2.24. The van der Waals surface area contributed by atoms with Crippen LogP contribution in [0.4, 0.5) is 5.82 Å². The second kappa shape index (κ2) is 6.35. The standard InChI is InChI=1S/C16H19N3O2/c1-10(2)17-15-9-13(16(20)21)18-14(19-15)8-12-7-5-4-6-11(12)3/h4-7,9-10H,8H2,1-3H3,(H,20,21)(H,17,18,19). The average Bonchev–Trinajstić information content (AvgIpc) is 2.40. The van der Waals surface area contributed by atoms with Crippen molar-refractivity contribution >= 4 is 11.8 Å². The minimum absolute atomic E-state index is 0.0109. The summed E-state index contributed by atoms with van der Waals surface area (Å²) in [4.78, 5) is 19.7. The summed E-state index contributed by atoms with van der Waals surface area (Å²) < 4.78 is 0. The van der Waals surface area contributed by atoms with E-state index in [1.165, 1.54) is 6.07 Å². The fourth-order valence-electron chi connectivity index (χ4n) is 2.03. The van der Waals surface area contributed by atoms with Gasteiger partial charge in [0.05, 0.1) is 0 Å². The minimum atomic E-state index is -1.05. The predicted molar refractivity (Wildman–Crippen MR) is 81.7 cm³/mol. The van der Waals surface area contributed by atoms with Crippen molar-refractivity contribution in [2.75, 3.05) is 5.32 Å². The molecule has 1 aromatic heterocycles. The number of nitrogens with one attached hydrogen (secondary N) is 1. The van der Waals surface area contributed by atoms with Crippen LogP contribution in [0.15, 0.2) is 30.3 Å². The molecule has 0 atom stereocenters. The second-order valence-corrected chi connectivity index (χ2v) is 5.26. The van der Waals surface area contributed by atoms with Crippen LogP contribution in [0.3, 0.4) is 0 Å².